The van der Waals surface area contributed by atoms with Gasteiger partial charge in [0.25, 0.3) is 0 Å². The van der Waals surface area contributed by atoms with Crippen molar-refractivity contribution in [2.75, 3.05) is 21.2 Å². The van der Waals surface area contributed by atoms with Gasteiger partial charge in [-0.15, -0.1) is 0 Å². The second kappa shape index (κ2) is 6.56. The van der Waals surface area contributed by atoms with Crippen molar-refractivity contribution in [1.29, 1.82) is 0 Å². The number of nitrogens with zero attached hydrogens (tertiary/aromatic N) is 1. The number of esters is 1. The summed E-state index contributed by atoms with van der Waals surface area (Å²) in [5.74, 6) is -3.08. The van der Waals surface area contributed by atoms with E-state index in [2.05, 4.69) is 10.1 Å². The Morgan fingerprint density at radius 3 is 2.40 bits per heavy atom. The van der Waals surface area contributed by atoms with Crippen LogP contribution in [0, 0.1) is 11.8 Å². The molecule has 0 fully saturated rings. The van der Waals surface area contributed by atoms with E-state index >= 15 is 0 Å². The average molecular weight is 301 g/mol. The molecule has 1 aliphatic carbocycles. The van der Waals surface area contributed by atoms with Crippen LogP contribution in [-0.4, -0.2) is 43.9 Å². The van der Waals surface area contributed by atoms with E-state index in [0.717, 1.165) is 7.11 Å². The smallest absolute Gasteiger partial charge is 0.396 e. The van der Waals surface area contributed by atoms with Gasteiger partial charge in [0.2, 0.25) is 5.91 Å². The summed E-state index contributed by atoms with van der Waals surface area (Å²) in [6.07, 6.45) is 3.12. The number of hydrogen-bond donors (Lipinski definition) is 1. The lowest BCUT2D eigenvalue weighted by Gasteiger charge is -2.30. The minimum Gasteiger partial charge on any atom is -0.462 e. The zero-order valence-corrected chi connectivity index (χ0v) is 12.5. The van der Waals surface area contributed by atoms with Gasteiger partial charge in [-0.1, -0.05) is 18.5 Å². The van der Waals surface area contributed by atoms with Crippen molar-refractivity contribution in [2.24, 2.45) is 11.8 Å². The Hall–Kier alpha value is -1.82. The summed E-state index contributed by atoms with van der Waals surface area (Å²) < 4.78 is 4.33. The van der Waals surface area contributed by atoms with Gasteiger partial charge >= 0.3 is 11.9 Å². The minimum atomic E-state index is -1.02. The SMILES string of the molecule is COC(=O)C(=O)NC1=CC=C(Cl)C(C)C1C(=O)N(C)C. The van der Waals surface area contributed by atoms with Crippen LogP contribution in [0.5, 0.6) is 0 Å². The van der Waals surface area contributed by atoms with Crippen molar-refractivity contribution < 1.29 is 19.1 Å². The van der Waals surface area contributed by atoms with Gasteiger partial charge in [0.05, 0.1) is 13.0 Å². The van der Waals surface area contributed by atoms with Gasteiger partial charge in [-0.05, 0) is 12.2 Å². The van der Waals surface area contributed by atoms with Crippen molar-refractivity contribution in [1.82, 2.24) is 10.2 Å². The molecule has 1 N–H and O–H groups in total. The van der Waals surface area contributed by atoms with Crippen molar-refractivity contribution in [3.63, 3.8) is 0 Å². The van der Waals surface area contributed by atoms with Crippen LogP contribution in [0.25, 0.3) is 0 Å². The predicted molar refractivity (Wildman–Crippen MR) is 73.5 cm³/mol. The molecule has 110 valence electrons. The number of methoxy groups -OCH3 is 1. The highest BCUT2D eigenvalue weighted by Crippen LogP contribution is 2.33. The Bertz CT molecular complexity index is 497. The molecule has 20 heavy (non-hydrogen) atoms. The highest BCUT2D eigenvalue weighted by atomic mass is 35.5. The Morgan fingerprint density at radius 1 is 1.30 bits per heavy atom. The standard InChI is InChI=1S/C13H17ClN2O4/c1-7-8(14)5-6-9(10(7)12(18)16(2)3)15-11(17)13(19)20-4/h5-7,10H,1-4H3,(H,15,17). The highest BCUT2D eigenvalue weighted by molar-refractivity contribution is 6.33. The van der Waals surface area contributed by atoms with Crippen molar-refractivity contribution in [3.8, 4) is 0 Å². The lowest BCUT2D eigenvalue weighted by atomic mass is 9.85. The Labute approximate surface area is 122 Å². The van der Waals surface area contributed by atoms with Crippen molar-refractivity contribution >= 4 is 29.4 Å². The van der Waals surface area contributed by atoms with Gasteiger partial charge in [-0.25, -0.2) is 4.79 Å². The van der Waals surface area contributed by atoms with Gasteiger partial charge in [-0.3, -0.25) is 9.59 Å². The molecule has 7 heteroatoms. The molecule has 0 radical (unpaired) electrons. The molecule has 6 nitrogen and oxygen atoms in total. The number of carbonyl (C=O) groups excluding carboxylic acids is 3. The summed E-state index contributed by atoms with van der Waals surface area (Å²) in [4.78, 5) is 36.3. The van der Waals surface area contributed by atoms with E-state index in [1.807, 2.05) is 0 Å². The van der Waals surface area contributed by atoms with Crippen LogP contribution in [0.2, 0.25) is 0 Å². The first-order chi connectivity index (χ1) is 9.29. The number of amides is 2. The second-order valence-corrected chi connectivity index (χ2v) is 5.05. The summed E-state index contributed by atoms with van der Waals surface area (Å²) in [5.41, 5.74) is 0.330. The number of ether oxygens (including phenoxy) is 1. The number of hydrogen-bond acceptors (Lipinski definition) is 4. The van der Waals surface area contributed by atoms with Gasteiger partial charge in [-0.2, -0.15) is 0 Å². The van der Waals surface area contributed by atoms with Crippen LogP contribution >= 0.6 is 11.6 Å². The molecule has 0 aliphatic heterocycles. The molecule has 0 saturated carbocycles. The maximum Gasteiger partial charge on any atom is 0.396 e. The molecular weight excluding hydrogens is 284 g/mol. The summed E-state index contributed by atoms with van der Waals surface area (Å²) in [7, 11) is 4.33. The van der Waals surface area contributed by atoms with Crippen LogP contribution in [0.1, 0.15) is 6.92 Å². The molecule has 1 aliphatic rings. The topological polar surface area (TPSA) is 75.7 Å². The molecule has 0 bridgehead atoms. The zero-order chi connectivity index (χ0) is 15.4. The fourth-order valence-electron chi connectivity index (χ4n) is 1.87. The van der Waals surface area contributed by atoms with E-state index in [1.54, 1.807) is 27.1 Å². The molecule has 2 unspecified atom stereocenters. The van der Waals surface area contributed by atoms with Crippen LogP contribution in [0.15, 0.2) is 22.9 Å². The van der Waals surface area contributed by atoms with E-state index in [9.17, 15) is 14.4 Å². The average Bonchev–Trinajstić information content (AvgIpc) is 2.41. The molecule has 0 aromatic heterocycles. The van der Waals surface area contributed by atoms with Gasteiger partial charge < -0.3 is 15.0 Å². The molecule has 2 atom stereocenters. The Morgan fingerprint density at radius 2 is 1.90 bits per heavy atom. The van der Waals surface area contributed by atoms with Crippen molar-refractivity contribution in [3.05, 3.63) is 22.9 Å². The van der Waals surface area contributed by atoms with E-state index in [4.69, 9.17) is 11.6 Å². The third-order valence-corrected chi connectivity index (χ3v) is 3.50. The third kappa shape index (κ3) is 3.39. The van der Waals surface area contributed by atoms with Crippen molar-refractivity contribution in [2.45, 2.75) is 6.92 Å². The van der Waals surface area contributed by atoms with E-state index in [1.165, 1.54) is 11.0 Å². The highest BCUT2D eigenvalue weighted by Gasteiger charge is 2.35. The fourth-order valence-corrected chi connectivity index (χ4v) is 2.06. The second-order valence-electron chi connectivity index (χ2n) is 4.62. The molecule has 0 aromatic carbocycles. The number of nitrogens with one attached hydrogen (secondary N) is 1. The summed E-state index contributed by atoms with van der Waals surface area (Å²) in [5, 5.41) is 2.92. The molecular formula is C13H17ClN2O4. The molecule has 2 amide bonds. The lowest BCUT2D eigenvalue weighted by molar-refractivity contribution is -0.152. The summed E-state index contributed by atoms with van der Waals surface area (Å²) >= 11 is 6.04. The summed E-state index contributed by atoms with van der Waals surface area (Å²) in [6, 6.07) is 0. The monoisotopic (exact) mass is 300 g/mol. The number of carbonyl (C=O) groups is 3. The Kier molecular flexibility index (Phi) is 5.33. The third-order valence-electron chi connectivity index (χ3n) is 3.03. The zero-order valence-electron chi connectivity index (χ0n) is 11.8. The van der Waals surface area contributed by atoms with E-state index in [-0.39, 0.29) is 11.8 Å². The Balaban J connectivity index is 3.03. The molecule has 0 heterocycles. The van der Waals surface area contributed by atoms with Crippen LogP contribution in [0.3, 0.4) is 0 Å². The van der Waals surface area contributed by atoms with E-state index in [0.29, 0.717) is 10.7 Å². The number of allylic oxidation sites excluding steroid dienone is 3. The molecule has 1 rings (SSSR count). The van der Waals surface area contributed by atoms with Gasteiger partial charge in [0.1, 0.15) is 0 Å². The largest absolute Gasteiger partial charge is 0.462 e. The first-order valence-electron chi connectivity index (χ1n) is 5.97. The normalized spacial score (nSPS) is 21.4. The molecule has 0 spiro atoms. The quantitative estimate of drug-likeness (QED) is 0.600. The fraction of sp³-hybridized carbons (Fsp3) is 0.462. The van der Waals surface area contributed by atoms with Crippen LogP contribution in [0.4, 0.5) is 0 Å². The minimum absolute atomic E-state index is 0.208. The van der Waals surface area contributed by atoms with Crippen LogP contribution < -0.4 is 5.32 Å². The lowest BCUT2D eigenvalue weighted by Crippen LogP contribution is -2.42. The predicted octanol–water partition coefficient (Wildman–Crippen LogP) is 0.636. The first kappa shape index (κ1) is 16.2. The number of halogens is 1. The van der Waals surface area contributed by atoms with E-state index < -0.39 is 17.8 Å². The molecule has 0 saturated heterocycles. The number of rotatable bonds is 2. The van der Waals surface area contributed by atoms with Gasteiger partial charge in [0, 0.05) is 30.7 Å². The van der Waals surface area contributed by atoms with Gasteiger partial charge in [0.15, 0.2) is 0 Å². The summed E-state index contributed by atoms with van der Waals surface area (Å²) in [6.45, 7) is 1.78. The maximum absolute atomic E-state index is 12.2. The van der Waals surface area contributed by atoms with Crippen LogP contribution in [-0.2, 0) is 19.1 Å². The maximum atomic E-state index is 12.2. The first-order valence-corrected chi connectivity index (χ1v) is 6.35. The molecule has 0 aromatic rings.